The van der Waals surface area contributed by atoms with Crippen LogP contribution in [0.15, 0.2) is 91.0 Å². The fourth-order valence-electron chi connectivity index (χ4n) is 11.3. The van der Waals surface area contributed by atoms with Gasteiger partial charge in [0, 0.05) is 18.6 Å². The van der Waals surface area contributed by atoms with Gasteiger partial charge in [0.25, 0.3) is 0 Å². The number of rotatable bonds is 39. The second-order valence-corrected chi connectivity index (χ2v) is 33.5. The van der Waals surface area contributed by atoms with Gasteiger partial charge >= 0.3 is 0 Å². The summed E-state index contributed by atoms with van der Waals surface area (Å²) >= 11 is 0. The van der Waals surface area contributed by atoms with E-state index in [1.165, 1.54) is 261 Å². The average molecular weight is 2030 g/mol. The molecular weight excluding hydrogens is 1730 g/mol. The zero-order valence-electron chi connectivity index (χ0n) is 111. The molecule has 0 saturated heterocycles. The molecular formula is C129H299N13. The second-order valence-electron chi connectivity index (χ2n) is 33.5. The molecule has 13 nitrogen and oxygen atoms in total. The summed E-state index contributed by atoms with van der Waals surface area (Å²) in [5, 5.41) is 40.4. The second kappa shape index (κ2) is 231. The highest BCUT2D eigenvalue weighted by Gasteiger charge is 2.14. The SMILES string of the molecule is CC.CC.CC.CC.CC.CC.CC.CC.CC.CC.CC.CC.CC.CC.CCC(C)NC.CCC1CCCCC1.CCCCCNC.CCCCCNC.CCCCNC.CCCCc1ccccc1.CCCNC.CNC(C)C.CNCC(C)C.CNCCC(C)(C)C.CNCCC(C)C.CNCCC1CCCC1.CNCCC1CCCCC1.CNCCCc1ccccc1.CNCc1ccccc1. The first-order chi connectivity index (χ1) is 68.9. The minimum atomic E-state index is 0.489. The van der Waals surface area contributed by atoms with Crippen molar-refractivity contribution in [2.75, 3.05) is 157 Å². The number of hydrogen-bond donors (Lipinski definition) is 13. The Morgan fingerprint density at radius 1 is 0.261 bits per heavy atom. The van der Waals surface area contributed by atoms with Crippen molar-refractivity contribution in [1.29, 1.82) is 0 Å². The molecule has 142 heavy (non-hydrogen) atoms. The van der Waals surface area contributed by atoms with E-state index in [-0.39, 0.29) is 0 Å². The summed E-state index contributed by atoms with van der Waals surface area (Å²) in [5.74, 6) is 4.81. The smallest absolute Gasteiger partial charge is 0.0202 e. The Labute approximate surface area is 911 Å². The van der Waals surface area contributed by atoms with Crippen molar-refractivity contribution in [3.05, 3.63) is 108 Å². The normalized spacial score (nSPS) is 11.0. The van der Waals surface area contributed by atoms with Crippen LogP contribution in [0.25, 0.3) is 0 Å². The Morgan fingerprint density at radius 3 is 0.718 bits per heavy atom. The summed E-state index contributed by atoms with van der Waals surface area (Å²) in [6.07, 6.45) is 46.9. The maximum absolute atomic E-state index is 3.21. The van der Waals surface area contributed by atoms with Crippen LogP contribution in [0.2, 0.25) is 0 Å². The number of unbranched alkanes of at least 4 members (excludes halogenated alkanes) is 6. The molecule has 880 valence electrons. The van der Waals surface area contributed by atoms with Gasteiger partial charge in [-0.2, -0.15) is 0 Å². The van der Waals surface area contributed by atoms with Gasteiger partial charge in [-0.05, 0) is 299 Å². The van der Waals surface area contributed by atoms with Gasteiger partial charge in [0.05, 0.1) is 0 Å². The lowest BCUT2D eigenvalue weighted by Gasteiger charge is -2.20. The molecule has 0 spiro atoms. The van der Waals surface area contributed by atoms with Gasteiger partial charge in [-0.3, -0.25) is 0 Å². The minimum Gasteiger partial charge on any atom is -0.320 e. The van der Waals surface area contributed by atoms with E-state index in [1.807, 2.05) is 304 Å². The molecule has 3 fully saturated rings. The molecule has 1 atom stereocenters. The highest BCUT2D eigenvalue weighted by Crippen LogP contribution is 2.28. The molecule has 0 heterocycles. The Morgan fingerprint density at radius 2 is 0.535 bits per heavy atom. The molecule has 6 rings (SSSR count). The highest BCUT2D eigenvalue weighted by molar-refractivity contribution is 5.16. The van der Waals surface area contributed by atoms with E-state index >= 15 is 0 Å². The van der Waals surface area contributed by atoms with E-state index < -0.39 is 0 Å². The molecule has 0 amide bonds. The fraction of sp³-hybridized carbons (Fsp3) is 0.860. The highest BCUT2D eigenvalue weighted by atomic mass is 14.9. The maximum atomic E-state index is 3.21. The first-order valence-electron chi connectivity index (χ1n) is 61.5. The summed E-state index contributed by atoms with van der Waals surface area (Å²) in [6, 6.07) is 32.9. The Hall–Kier alpha value is -2.86. The molecule has 13 heteroatoms. The molecule has 3 aromatic carbocycles. The standard InChI is InChI=1S/C10H15N.C10H14.C9H19N.C8H17N.C8H11N.C8H16.C7H17N.3C6H15N.3C5H13N.2C4H11N.14C2H6/c1-11-9-5-8-10-6-3-2-4-7-10;1-2-3-7-10-8-5-4-6-9-10;1-10-8-7-9-5-3-2-4-6-9;1-9-7-6-8-4-2-3-5-8;1-9-7-8-5-3-2-4-6-8;1-2-8-6-4-3-5-7-8;1-7(2,3)5-6-8-4;1-6(2)4-5-7-3;2*1-3-4-5-6-7-2;1-5(2)4-6-3;1-4-5(2)6-3;1-3-4-5-6-2;1-4(2)5-3;1-3-4-5-2;14*1-2/h2-4,6-7,11H,5,8-9H2,1H3;4-6,8-9H,2-3,7H2,1H3;9-10H,2-8H2,1H3;8-9H,2-7H2,1H3;2-6,9H,7H2,1H3;8H,2-7H2,1H3;8H,5-6H2,1-4H3;6-7H,4-5H2,1-3H3;2*7H,3-6H2,1-2H3;2*5-6H,4H2,1-3H3;6H,3-5H2,1-2H3;4-5H,1-3H3;5H,3-4H2,1-2H3;14*1-2H3. The quantitative estimate of drug-likeness (QED) is 0.0245. The molecule has 0 radical (unpaired) electrons. The molecule has 1 unspecified atom stereocenters. The fourth-order valence-corrected chi connectivity index (χ4v) is 11.3. The monoisotopic (exact) mass is 2030 g/mol. The van der Waals surface area contributed by atoms with Crippen LogP contribution in [-0.2, 0) is 19.4 Å². The third-order valence-electron chi connectivity index (χ3n) is 19.5. The van der Waals surface area contributed by atoms with Crippen molar-refractivity contribution in [3.63, 3.8) is 0 Å². The van der Waals surface area contributed by atoms with Crippen molar-refractivity contribution in [3.8, 4) is 0 Å². The predicted molar refractivity (Wildman–Crippen MR) is 687 cm³/mol. The summed E-state index contributed by atoms with van der Waals surface area (Å²) < 4.78 is 0. The van der Waals surface area contributed by atoms with Crippen LogP contribution in [-0.4, -0.2) is 169 Å². The van der Waals surface area contributed by atoms with E-state index in [0.717, 1.165) is 75.4 Å². The molecule has 0 bridgehead atoms. The topological polar surface area (TPSA) is 156 Å². The van der Waals surface area contributed by atoms with Gasteiger partial charge in [-0.15, -0.1) is 0 Å². The zero-order chi connectivity index (χ0) is 116. The minimum absolute atomic E-state index is 0.489. The van der Waals surface area contributed by atoms with E-state index in [9.17, 15) is 0 Å². The molecule has 0 aromatic heterocycles. The first-order valence-corrected chi connectivity index (χ1v) is 61.5. The molecule has 3 aliphatic carbocycles. The molecule has 0 aliphatic heterocycles. The first kappa shape index (κ1) is 197. The van der Waals surface area contributed by atoms with Gasteiger partial charge < -0.3 is 69.1 Å². The summed E-state index contributed by atoms with van der Waals surface area (Å²) in [7, 11) is 25.8. The average Bonchev–Trinajstić information content (AvgIpc) is 1.75. The van der Waals surface area contributed by atoms with Gasteiger partial charge in [0.1, 0.15) is 0 Å². The third-order valence-corrected chi connectivity index (χ3v) is 19.5. The van der Waals surface area contributed by atoms with Crippen LogP contribution in [0.1, 0.15) is 534 Å². The van der Waals surface area contributed by atoms with Crippen LogP contribution in [0.5, 0.6) is 0 Å². The third kappa shape index (κ3) is 269. The molecule has 3 aromatic rings. The predicted octanol–water partition coefficient (Wildman–Crippen LogP) is 37.4. The van der Waals surface area contributed by atoms with Crippen LogP contribution in [0, 0.1) is 35.0 Å². The Balaban J connectivity index is -0.0000000501. The van der Waals surface area contributed by atoms with Crippen molar-refractivity contribution in [2.24, 2.45) is 35.0 Å². The lowest BCUT2D eigenvalue weighted by molar-refractivity contribution is 0.337. The van der Waals surface area contributed by atoms with Crippen LogP contribution < -0.4 is 69.1 Å². The van der Waals surface area contributed by atoms with Crippen LogP contribution in [0.3, 0.4) is 0 Å². The molecule has 13 N–H and O–H groups in total. The molecule has 3 saturated carbocycles. The van der Waals surface area contributed by atoms with Gasteiger partial charge in [-0.25, -0.2) is 0 Å². The number of aryl methyl sites for hydroxylation is 2. The lowest BCUT2D eigenvalue weighted by Crippen LogP contribution is -2.19. The largest absolute Gasteiger partial charge is 0.320 e. The van der Waals surface area contributed by atoms with Gasteiger partial charge in [0.15, 0.2) is 0 Å². The van der Waals surface area contributed by atoms with Crippen molar-refractivity contribution >= 4 is 0 Å². The van der Waals surface area contributed by atoms with Gasteiger partial charge in [0.2, 0.25) is 0 Å². The zero-order valence-corrected chi connectivity index (χ0v) is 111. The van der Waals surface area contributed by atoms with Crippen LogP contribution >= 0.6 is 0 Å². The van der Waals surface area contributed by atoms with E-state index in [2.05, 4.69) is 260 Å². The summed E-state index contributed by atoms with van der Waals surface area (Å²) in [5.41, 5.74) is 4.72. The molecule has 3 aliphatic rings. The van der Waals surface area contributed by atoms with E-state index in [4.69, 9.17) is 0 Å². The van der Waals surface area contributed by atoms with Crippen LogP contribution in [0.4, 0.5) is 0 Å². The van der Waals surface area contributed by atoms with E-state index in [0.29, 0.717) is 17.5 Å². The van der Waals surface area contributed by atoms with Crippen molar-refractivity contribution in [2.45, 2.75) is 549 Å². The van der Waals surface area contributed by atoms with Gasteiger partial charge in [-0.1, -0.05) is 530 Å². The number of nitrogens with one attached hydrogen (secondary N) is 13. The lowest BCUT2D eigenvalue weighted by atomic mass is 9.87. The maximum Gasteiger partial charge on any atom is 0.0202 e. The van der Waals surface area contributed by atoms with E-state index in [1.54, 1.807) is 0 Å². The summed E-state index contributed by atoms with van der Waals surface area (Å²) in [6.45, 7) is 106. The number of benzene rings is 3. The van der Waals surface area contributed by atoms with Crippen molar-refractivity contribution < 1.29 is 0 Å². The Kier molecular flexibility index (Phi) is 320. The summed E-state index contributed by atoms with van der Waals surface area (Å²) in [4.78, 5) is 0. The van der Waals surface area contributed by atoms with Crippen molar-refractivity contribution in [1.82, 2.24) is 69.1 Å². The Bertz CT molecular complexity index is 1930. The number of hydrogen-bond acceptors (Lipinski definition) is 13.